The number of rotatable bonds is 1. The van der Waals surface area contributed by atoms with Gasteiger partial charge in [0.15, 0.2) is 0 Å². The number of urea groups is 1. The van der Waals surface area contributed by atoms with E-state index in [1.807, 2.05) is 0 Å². The Balaban J connectivity index is 0.000000461. The zero-order chi connectivity index (χ0) is 8.69. The van der Waals surface area contributed by atoms with Gasteiger partial charge in [0, 0.05) is 23.9 Å². The number of hydrogen-bond acceptors (Lipinski definition) is 5. The van der Waals surface area contributed by atoms with Crippen molar-refractivity contribution in [1.82, 2.24) is 16.0 Å². The first kappa shape index (κ1) is 9.61. The zero-order valence-electron chi connectivity index (χ0n) is 5.95. The highest BCUT2D eigenvalue weighted by Crippen LogP contribution is 1.89. The highest BCUT2D eigenvalue weighted by molar-refractivity contribution is 5.70. The Morgan fingerprint density at radius 3 is 2.64 bits per heavy atom. The van der Waals surface area contributed by atoms with Gasteiger partial charge in [-0.3, -0.25) is 5.43 Å². The average Bonchev–Trinajstić information content (AvgIpc) is 2.43. The summed E-state index contributed by atoms with van der Waals surface area (Å²) in [5, 5.41) is 13.6. The lowest BCUT2D eigenvalue weighted by Gasteiger charge is -2.13. The number of nitrogens with one attached hydrogen (secondary N) is 2. The standard InChI is InChI=1S/C4H10N4O.N2/c5-4(9)7-8-3-1-2-6-8;1-2/h6H,1-3H2,(H3,5,7,9);. The largest absolute Gasteiger partial charge is 0.351 e. The normalized spacial score (nSPS) is 16.5. The van der Waals surface area contributed by atoms with Crippen LogP contribution in [0.2, 0.25) is 0 Å². The molecule has 1 aliphatic heterocycles. The van der Waals surface area contributed by atoms with Gasteiger partial charge in [-0.25, -0.2) is 10.2 Å². The smallest absolute Gasteiger partial charge is 0.327 e. The Kier molecular flexibility index (Phi) is 4.72. The van der Waals surface area contributed by atoms with Crippen LogP contribution in [0, 0.1) is 10.8 Å². The number of nitrogens with zero attached hydrogens (tertiary/aromatic N) is 3. The molecular weight excluding hydrogens is 148 g/mol. The molecule has 1 fully saturated rings. The molecule has 2 amide bonds. The molecule has 1 saturated heterocycles. The number of primary amides is 1. The second kappa shape index (κ2) is 5.40. The minimum absolute atomic E-state index is 0.524. The SMILES string of the molecule is N#N.NC(=O)NN1CCCN1. The first-order chi connectivity index (χ1) is 5.29. The van der Waals surface area contributed by atoms with Crippen LogP contribution in [-0.2, 0) is 0 Å². The van der Waals surface area contributed by atoms with Gasteiger partial charge in [0.1, 0.15) is 0 Å². The number of hydrazine groups is 2. The third kappa shape index (κ3) is 4.07. The summed E-state index contributed by atoms with van der Waals surface area (Å²) in [4.78, 5) is 10.2. The molecule has 0 bridgehead atoms. The van der Waals surface area contributed by atoms with Crippen molar-refractivity contribution in [3.63, 3.8) is 0 Å². The van der Waals surface area contributed by atoms with Crippen molar-refractivity contribution >= 4 is 6.03 Å². The number of hydrogen-bond donors (Lipinski definition) is 3. The van der Waals surface area contributed by atoms with Crippen LogP contribution >= 0.6 is 0 Å². The van der Waals surface area contributed by atoms with E-state index in [-0.39, 0.29) is 0 Å². The summed E-state index contributed by atoms with van der Waals surface area (Å²) < 4.78 is 0. The predicted octanol–water partition coefficient (Wildman–Crippen LogP) is -1.19. The molecule has 11 heavy (non-hydrogen) atoms. The van der Waals surface area contributed by atoms with Crippen LogP contribution in [0.5, 0.6) is 0 Å². The van der Waals surface area contributed by atoms with E-state index in [4.69, 9.17) is 16.5 Å². The van der Waals surface area contributed by atoms with Gasteiger partial charge in [-0.05, 0) is 6.42 Å². The first-order valence-corrected chi connectivity index (χ1v) is 3.06. The van der Waals surface area contributed by atoms with Gasteiger partial charge in [-0.2, -0.15) is 5.12 Å². The molecule has 0 atom stereocenters. The Morgan fingerprint density at radius 1 is 1.64 bits per heavy atom. The van der Waals surface area contributed by atoms with Gasteiger partial charge in [0.05, 0.1) is 0 Å². The van der Waals surface area contributed by atoms with Gasteiger partial charge in [0.25, 0.3) is 0 Å². The summed E-state index contributed by atoms with van der Waals surface area (Å²) in [5.41, 5.74) is 10.2. The molecule has 0 aromatic heterocycles. The summed E-state index contributed by atoms with van der Waals surface area (Å²) in [5.74, 6) is 0. The Bertz CT molecular complexity index is 139. The first-order valence-electron chi connectivity index (χ1n) is 3.06. The van der Waals surface area contributed by atoms with E-state index in [0.29, 0.717) is 0 Å². The summed E-state index contributed by atoms with van der Waals surface area (Å²) >= 11 is 0. The van der Waals surface area contributed by atoms with E-state index in [1.165, 1.54) is 0 Å². The van der Waals surface area contributed by atoms with E-state index in [9.17, 15) is 4.79 Å². The minimum Gasteiger partial charge on any atom is -0.351 e. The van der Waals surface area contributed by atoms with Gasteiger partial charge in [0.2, 0.25) is 0 Å². The van der Waals surface area contributed by atoms with Crippen molar-refractivity contribution in [2.24, 2.45) is 5.73 Å². The fraction of sp³-hybridized carbons (Fsp3) is 0.750. The topological polar surface area (TPSA) is 118 Å². The monoisotopic (exact) mass is 158 g/mol. The lowest BCUT2D eigenvalue weighted by molar-refractivity contribution is 0.168. The maximum Gasteiger partial charge on any atom is 0.327 e. The molecule has 0 unspecified atom stereocenters. The summed E-state index contributed by atoms with van der Waals surface area (Å²) in [6.45, 7) is 1.73. The number of amides is 2. The van der Waals surface area contributed by atoms with Gasteiger partial charge < -0.3 is 5.73 Å². The molecular formula is C4H10N6O. The molecule has 4 N–H and O–H groups in total. The predicted molar refractivity (Wildman–Crippen MR) is 35.5 cm³/mol. The number of carbonyl (C=O) groups is 1. The average molecular weight is 158 g/mol. The maximum absolute atomic E-state index is 10.2. The van der Waals surface area contributed by atoms with Gasteiger partial charge >= 0.3 is 6.03 Å². The lowest BCUT2D eigenvalue weighted by atomic mass is 10.5. The third-order valence-electron chi connectivity index (χ3n) is 1.11. The van der Waals surface area contributed by atoms with E-state index in [0.717, 1.165) is 19.5 Å². The van der Waals surface area contributed by atoms with Crippen LogP contribution < -0.4 is 16.6 Å². The quantitative estimate of drug-likeness (QED) is 0.414. The van der Waals surface area contributed by atoms with Crippen molar-refractivity contribution in [2.45, 2.75) is 6.42 Å². The van der Waals surface area contributed by atoms with E-state index in [1.54, 1.807) is 5.12 Å². The molecule has 1 aliphatic rings. The Morgan fingerprint density at radius 2 is 2.27 bits per heavy atom. The molecule has 0 aromatic rings. The van der Waals surface area contributed by atoms with Gasteiger partial charge in [-0.1, -0.05) is 0 Å². The summed E-state index contributed by atoms with van der Waals surface area (Å²) in [6.07, 6.45) is 1.04. The molecule has 1 rings (SSSR count). The van der Waals surface area contributed by atoms with Crippen LogP contribution in [0.25, 0.3) is 0 Å². The van der Waals surface area contributed by atoms with Crippen molar-refractivity contribution in [3.05, 3.63) is 0 Å². The van der Waals surface area contributed by atoms with E-state index >= 15 is 0 Å². The zero-order valence-corrected chi connectivity index (χ0v) is 5.95. The highest BCUT2D eigenvalue weighted by atomic mass is 16.2. The van der Waals surface area contributed by atoms with Crippen molar-refractivity contribution in [3.8, 4) is 0 Å². The second-order valence-electron chi connectivity index (χ2n) is 1.89. The molecule has 0 radical (unpaired) electrons. The number of carbonyl (C=O) groups excluding carboxylic acids is 1. The van der Waals surface area contributed by atoms with Gasteiger partial charge in [-0.15, -0.1) is 0 Å². The summed E-state index contributed by atoms with van der Waals surface area (Å²) in [7, 11) is 0. The minimum atomic E-state index is -0.524. The van der Waals surface area contributed by atoms with Crippen LogP contribution in [0.1, 0.15) is 6.42 Å². The lowest BCUT2D eigenvalue weighted by Crippen LogP contribution is -2.48. The second-order valence-corrected chi connectivity index (χ2v) is 1.89. The molecule has 7 heteroatoms. The van der Waals surface area contributed by atoms with E-state index < -0.39 is 6.03 Å². The Labute approximate surface area is 63.9 Å². The van der Waals surface area contributed by atoms with Crippen LogP contribution in [-0.4, -0.2) is 24.2 Å². The fourth-order valence-electron chi connectivity index (χ4n) is 0.759. The van der Waals surface area contributed by atoms with Crippen LogP contribution in [0.3, 0.4) is 0 Å². The van der Waals surface area contributed by atoms with Crippen molar-refractivity contribution in [1.29, 1.82) is 10.8 Å². The molecule has 0 saturated carbocycles. The summed E-state index contributed by atoms with van der Waals surface area (Å²) in [6, 6.07) is -0.524. The highest BCUT2D eigenvalue weighted by Gasteiger charge is 2.10. The third-order valence-corrected chi connectivity index (χ3v) is 1.11. The van der Waals surface area contributed by atoms with Crippen LogP contribution in [0.4, 0.5) is 4.79 Å². The molecule has 0 spiro atoms. The van der Waals surface area contributed by atoms with Crippen LogP contribution in [0.15, 0.2) is 0 Å². The molecule has 0 aromatic carbocycles. The number of nitrogens with two attached hydrogens (primary N) is 1. The fourth-order valence-corrected chi connectivity index (χ4v) is 0.759. The van der Waals surface area contributed by atoms with Crippen molar-refractivity contribution < 1.29 is 4.79 Å². The molecule has 62 valence electrons. The van der Waals surface area contributed by atoms with E-state index in [2.05, 4.69) is 10.9 Å². The Hall–Kier alpha value is -1.39. The molecule has 7 nitrogen and oxygen atoms in total. The van der Waals surface area contributed by atoms with Crippen molar-refractivity contribution in [2.75, 3.05) is 13.1 Å². The molecule has 1 heterocycles. The molecule has 0 aliphatic carbocycles. The maximum atomic E-state index is 10.2.